The average molecular weight is 519 g/mol. The summed E-state index contributed by atoms with van der Waals surface area (Å²) >= 11 is 0. The highest BCUT2D eigenvalue weighted by Crippen LogP contribution is 2.30. The number of benzene rings is 2. The van der Waals surface area contributed by atoms with Crippen molar-refractivity contribution in [3.05, 3.63) is 70.8 Å². The summed E-state index contributed by atoms with van der Waals surface area (Å²) in [5.74, 6) is -3.83. The summed E-state index contributed by atoms with van der Waals surface area (Å²) in [4.78, 5) is 28.8. The first-order valence-electron chi connectivity index (χ1n) is 9.93. The third-order valence-corrected chi connectivity index (χ3v) is 4.59. The van der Waals surface area contributed by atoms with E-state index in [1.165, 1.54) is 0 Å². The number of halogens is 7. The van der Waals surface area contributed by atoms with Gasteiger partial charge in [0.1, 0.15) is 13.2 Å². The van der Waals surface area contributed by atoms with Gasteiger partial charge in [-0.15, -0.1) is 0 Å². The summed E-state index contributed by atoms with van der Waals surface area (Å²) in [5.41, 5.74) is -2.63. The molecule has 0 saturated carbocycles. The van der Waals surface area contributed by atoms with Gasteiger partial charge in [-0.25, -0.2) is 14.0 Å². The van der Waals surface area contributed by atoms with Gasteiger partial charge in [0.05, 0.1) is 42.9 Å². The maximum absolute atomic E-state index is 14.6. The molecule has 2 radical (unpaired) electrons. The fourth-order valence-electron chi connectivity index (χ4n) is 2.72. The number of esters is 2. The molecular weight excluding hydrogens is 502 g/mol. The van der Waals surface area contributed by atoms with E-state index in [4.69, 9.17) is 17.3 Å². The van der Waals surface area contributed by atoms with Gasteiger partial charge >= 0.3 is 24.3 Å². The number of carbonyl (C=O) groups excluding carboxylic acids is 2. The van der Waals surface area contributed by atoms with Gasteiger partial charge in [-0.3, -0.25) is 0 Å². The number of hydrogen-bond acceptors (Lipinski definition) is 6. The van der Waals surface area contributed by atoms with Crippen molar-refractivity contribution in [2.75, 3.05) is 13.7 Å². The van der Waals surface area contributed by atoms with Crippen molar-refractivity contribution >= 4 is 26.0 Å². The highest BCUT2D eigenvalue weighted by Gasteiger charge is 2.33. The number of oxime groups is 1. The molecule has 0 amide bonds. The summed E-state index contributed by atoms with van der Waals surface area (Å²) < 4.78 is 101. The molecule has 0 bridgehead atoms. The lowest BCUT2D eigenvalue weighted by Gasteiger charge is -2.25. The standard InChI is InChI=1S/C22H17BF7NO5/c1-34-31-10-17(24)18(36-20(33)13-4-8-15(9-5-13)22(28,29)30)16(23)11-35-19(32)12-2-6-14(7-3-12)21(25,26)27/h2-10,16-18H,11H2,1H3/b31-10-/t16-,17+,18+/m0/s1. The molecular formula is C22H17BF7NO5. The maximum atomic E-state index is 14.6. The van der Waals surface area contributed by atoms with E-state index in [1.807, 2.05) is 0 Å². The zero-order chi connectivity index (χ0) is 27.1. The molecule has 2 aromatic rings. The number of rotatable bonds is 9. The molecule has 0 fully saturated rings. The molecule has 0 aliphatic carbocycles. The minimum atomic E-state index is -4.65. The van der Waals surface area contributed by atoms with Crippen molar-refractivity contribution < 1.29 is 54.6 Å². The zero-order valence-electron chi connectivity index (χ0n) is 18.3. The second kappa shape index (κ2) is 11.9. The number of hydrogen-bond donors (Lipinski definition) is 0. The minimum absolute atomic E-state index is 0.258. The molecule has 0 aliphatic heterocycles. The first kappa shape index (κ1) is 28.7. The van der Waals surface area contributed by atoms with E-state index in [1.54, 1.807) is 0 Å². The Morgan fingerprint density at radius 1 is 0.889 bits per heavy atom. The molecule has 0 saturated heterocycles. The van der Waals surface area contributed by atoms with Gasteiger partial charge in [-0.05, 0) is 54.3 Å². The van der Waals surface area contributed by atoms with Gasteiger partial charge in [-0.1, -0.05) is 5.16 Å². The molecule has 0 aromatic heterocycles. The van der Waals surface area contributed by atoms with Crippen LogP contribution in [0.5, 0.6) is 0 Å². The minimum Gasteiger partial charge on any atom is -0.462 e. The van der Waals surface area contributed by atoms with E-state index >= 15 is 0 Å². The number of nitrogens with zero attached hydrogens (tertiary/aromatic N) is 1. The molecule has 2 aromatic carbocycles. The first-order valence-corrected chi connectivity index (χ1v) is 9.93. The first-order chi connectivity index (χ1) is 16.7. The van der Waals surface area contributed by atoms with Crippen LogP contribution in [0.25, 0.3) is 0 Å². The summed E-state index contributed by atoms with van der Waals surface area (Å²) in [6.45, 7) is -0.744. The van der Waals surface area contributed by atoms with Gasteiger partial charge in [0.2, 0.25) is 0 Å². The van der Waals surface area contributed by atoms with E-state index in [0.29, 0.717) is 30.5 Å². The van der Waals surface area contributed by atoms with Crippen LogP contribution in [0.2, 0.25) is 5.82 Å². The molecule has 14 heteroatoms. The molecule has 0 heterocycles. The number of ether oxygens (including phenoxy) is 2. The third-order valence-electron chi connectivity index (χ3n) is 4.59. The van der Waals surface area contributed by atoms with Crippen LogP contribution in [0.3, 0.4) is 0 Å². The summed E-state index contributed by atoms with van der Waals surface area (Å²) in [6, 6.07) is 5.91. The van der Waals surface area contributed by atoms with Gasteiger partial charge in [0.15, 0.2) is 6.17 Å². The Labute approximate surface area is 201 Å². The Morgan fingerprint density at radius 2 is 1.33 bits per heavy atom. The van der Waals surface area contributed by atoms with Crippen LogP contribution in [0.1, 0.15) is 31.8 Å². The molecule has 0 N–H and O–H groups in total. The van der Waals surface area contributed by atoms with Crippen LogP contribution >= 0.6 is 0 Å². The van der Waals surface area contributed by atoms with Crippen molar-refractivity contribution in [2.24, 2.45) is 5.16 Å². The van der Waals surface area contributed by atoms with Crippen LogP contribution in [-0.4, -0.2) is 52.0 Å². The SMILES string of the molecule is [B][C@@H](COC(=O)c1ccc(C(F)(F)F)cc1)[C@@H](OC(=O)c1ccc(C(F)(F)F)cc1)[C@H](F)/C=N\OC. The lowest BCUT2D eigenvalue weighted by molar-refractivity contribution is -0.138. The second-order valence-electron chi connectivity index (χ2n) is 7.16. The lowest BCUT2D eigenvalue weighted by atomic mass is 9.81. The monoisotopic (exact) mass is 519 g/mol. The number of alkyl halides is 7. The van der Waals surface area contributed by atoms with Crippen molar-refractivity contribution in [1.29, 1.82) is 0 Å². The van der Waals surface area contributed by atoms with Crippen LogP contribution < -0.4 is 0 Å². The lowest BCUT2D eigenvalue weighted by Crippen LogP contribution is -2.36. The van der Waals surface area contributed by atoms with Crippen LogP contribution in [-0.2, 0) is 26.7 Å². The molecule has 0 spiro atoms. The maximum Gasteiger partial charge on any atom is 0.416 e. The molecule has 0 unspecified atom stereocenters. The average Bonchev–Trinajstić information content (AvgIpc) is 2.83. The molecule has 2 rings (SSSR count). The van der Waals surface area contributed by atoms with E-state index in [0.717, 1.165) is 31.4 Å². The van der Waals surface area contributed by atoms with Crippen molar-refractivity contribution in [3.63, 3.8) is 0 Å². The quantitative estimate of drug-likeness (QED) is 0.153. The van der Waals surface area contributed by atoms with Crippen LogP contribution in [0.4, 0.5) is 30.7 Å². The fraction of sp³-hybridized carbons (Fsp3) is 0.318. The Balaban J connectivity index is 2.11. The van der Waals surface area contributed by atoms with Crippen molar-refractivity contribution in [2.45, 2.75) is 30.4 Å². The Kier molecular flexibility index (Phi) is 9.48. The third kappa shape index (κ3) is 7.99. The largest absolute Gasteiger partial charge is 0.462 e. The normalized spacial score (nSPS) is 14.7. The number of carbonyl (C=O) groups is 2. The summed E-state index contributed by atoms with van der Waals surface area (Å²) in [6.07, 6.45) is -12.7. The van der Waals surface area contributed by atoms with Gasteiger partial charge in [0.25, 0.3) is 0 Å². The highest BCUT2D eigenvalue weighted by molar-refractivity contribution is 6.12. The molecule has 3 atom stereocenters. The Hall–Kier alpha value is -3.58. The summed E-state index contributed by atoms with van der Waals surface area (Å²) in [7, 11) is 6.91. The van der Waals surface area contributed by atoms with E-state index < -0.39 is 60.1 Å². The van der Waals surface area contributed by atoms with Gasteiger partial charge < -0.3 is 14.3 Å². The van der Waals surface area contributed by atoms with E-state index in [9.17, 15) is 40.3 Å². The van der Waals surface area contributed by atoms with Crippen LogP contribution in [0, 0.1) is 0 Å². The molecule has 6 nitrogen and oxygen atoms in total. The van der Waals surface area contributed by atoms with Crippen molar-refractivity contribution in [1.82, 2.24) is 0 Å². The van der Waals surface area contributed by atoms with E-state index in [-0.39, 0.29) is 11.1 Å². The molecule has 0 aliphatic rings. The van der Waals surface area contributed by atoms with Crippen molar-refractivity contribution in [3.8, 4) is 0 Å². The van der Waals surface area contributed by atoms with Gasteiger partial charge in [-0.2, -0.15) is 26.3 Å². The second-order valence-corrected chi connectivity index (χ2v) is 7.16. The topological polar surface area (TPSA) is 74.2 Å². The Morgan fingerprint density at radius 3 is 1.75 bits per heavy atom. The predicted octanol–water partition coefficient (Wildman–Crippen LogP) is 5.03. The summed E-state index contributed by atoms with van der Waals surface area (Å²) in [5, 5.41) is 3.19. The highest BCUT2D eigenvalue weighted by atomic mass is 19.4. The van der Waals surface area contributed by atoms with Gasteiger partial charge in [0, 0.05) is 0 Å². The van der Waals surface area contributed by atoms with E-state index in [2.05, 4.69) is 9.99 Å². The Bertz CT molecular complexity index is 1060. The molecule has 192 valence electrons. The fourth-order valence-corrected chi connectivity index (χ4v) is 2.72. The molecule has 36 heavy (non-hydrogen) atoms. The van der Waals surface area contributed by atoms with Crippen LogP contribution in [0.15, 0.2) is 53.7 Å². The smallest absolute Gasteiger partial charge is 0.416 e. The zero-order valence-corrected chi connectivity index (χ0v) is 18.3. The predicted molar refractivity (Wildman–Crippen MR) is 112 cm³/mol.